The molecule has 0 saturated carbocycles. The highest BCUT2D eigenvalue weighted by molar-refractivity contribution is 6.08. The molecule has 1 spiro atoms. The van der Waals surface area contributed by atoms with E-state index >= 15 is 0 Å². The average Bonchev–Trinajstić information content (AvgIpc) is 3.10. The Morgan fingerprint density at radius 1 is 1.38 bits per heavy atom. The van der Waals surface area contributed by atoms with Crippen LogP contribution in [0.5, 0.6) is 0 Å². The largest absolute Gasteiger partial charge is 0.341 e. The van der Waals surface area contributed by atoms with Gasteiger partial charge >= 0.3 is 6.03 Å². The van der Waals surface area contributed by atoms with Crippen molar-refractivity contribution in [3.05, 3.63) is 24.0 Å². The normalized spacial score (nSPS) is 24.8. The Morgan fingerprint density at radius 2 is 2.14 bits per heavy atom. The summed E-state index contributed by atoms with van der Waals surface area (Å²) in [6.07, 6.45) is 2.31. The number of urea groups is 1. The first-order chi connectivity index (χ1) is 9.93. The summed E-state index contributed by atoms with van der Waals surface area (Å²) in [5.74, 6) is -0.457. The predicted octanol–water partition coefficient (Wildman–Crippen LogP) is 0.493. The number of carbonyl (C=O) groups is 3. The van der Waals surface area contributed by atoms with E-state index in [0.29, 0.717) is 18.7 Å². The van der Waals surface area contributed by atoms with Gasteiger partial charge in [0.1, 0.15) is 11.2 Å². The summed E-state index contributed by atoms with van der Waals surface area (Å²) in [5.41, 5.74) is -0.353. The Balaban J connectivity index is 1.80. The van der Waals surface area contributed by atoms with E-state index in [1.807, 2.05) is 30.7 Å². The minimum atomic E-state index is -0.956. The van der Waals surface area contributed by atoms with Gasteiger partial charge in [0.15, 0.2) is 0 Å². The molecule has 0 aromatic carbocycles. The number of carbonyl (C=O) groups excluding carboxylic acids is 3. The van der Waals surface area contributed by atoms with E-state index < -0.39 is 11.6 Å². The van der Waals surface area contributed by atoms with Crippen LogP contribution in [-0.4, -0.2) is 45.9 Å². The van der Waals surface area contributed by atoms with E-state index in [1.165, 1.54) is 0 Å². The first-order valence-electron chi connectivity index (χ1n) is 7.03. The van der Waals surface area contributed by atoms with E-state index in [1.54, 1.807) is 11.0 Å². The number of imide groups is 1. The standard InChI is InChI=1S/C14H18N4O3/c1-9(2)18-6-3-4-10(18)11(19)17-7-5-14(8-17)12(20)15-13(21)16-14/h3-4,6,9H,5,7-8H2,1-2H3,(H2,15,16,20,21). The second-order valence-electron chi connectivity index (χ2n) is 5.86. The fourth-order valence-corrected chi connectivity index (χ4v) is 2.99. The maximum Gasteiger partial charge on any atom is 0.322 e. The second-order valence-corrected chi connectivity index (χ2v) is 5.86. The zero-order chi connectivity index (χ0) is 15.2. The van der Waals surface area contributed by atoms with E-state index in [0.717, 1.165) is 0 Å². The van der Waals surface area contributed by atoms with Crippen LogP contribution < -0.4 is 10.6 Å². The van der Waals surface area contributed by atoms with Crippen LogP contribution >= 0.6 is 0 Å². The van der Waals surface area contributed by atoms with Crippen molar-refractivity contribution in [2.45, 2.75) is 31.8 Å². The molecule has 1 aromatic rings. The van der Waals surface area contributed by atoms with Crippen molar-refractivity contribution in [2.75, 3.05) is 13.1 Å². The third kappa shape index (κ3) is 2.09. The molecule has 1 atom stereocenters. The number of nitrogens with zero attached hydrogens (tertiary/aromatic N) is 2. The molecule has 0 radical (unpaired) electrons. The van der Waals surface area contributed by atoms with E-state index in [2.05, 4.69) is 10.6 Å². The molecule has 4 amide bonds. The summed E-state index contributed by atoms with van der Waals surface area (Å²) in [5, 5.41) is 4.89. The lowest BCUT2D eigenvalue weighted by atomic mass is 10.00. The highest BCUT2D eigenvalue weighted by Gasteiger charge is 2.51. The lowest BCUT2D eigenvalue weighted by Gasteiger charge is -2.22. The Labute approximate surface area is 122 Å². The zero-order valence-electron chi connectivity index (χ0n) is 12.0. The van der Waals surface area contributed by atoms with Crippen molar-refractivity contribution < 1.29 is 14.4 Å². The van der Waals surface area contributed by atoms with Crippen molar-refractivity contribution in [1.29, 1.82) is 0 Å². The number of hydrogen-bond acceptors (Lipinski definition) is 3. The molecule has 2 fully saturated rings. The third-order valence-electron chi connectivity index (χ3n) is 4.13. The third-order valence-corrected chi connectivity index (χ3v) is 4.13. The maximum atomic E-state index is 12.6. The van der Waals surface area contributed by atoms with E-state index in [4.69, 9.17) is 0 Å². The van der Waals surface area contributed by atoms with Crippen molar-refractivity contribution in [1.82, 2.24) is 20.1 Å². The van der Waals surface area contributed by atoms with Gasteiger partial charge in [0.05, 0.1) is 6.54 Å². The van der Waals surface area contributed by atoms with Gasteiger partial charge in [0.25, 0.3) is 11.8 Å². The van der Waals surface area contributed by atoms with Crippen molar-refractivity contribution in [2.24, 2.45) is 0 Å². The van der Waals surface area contributed by atoms with E-state index in [-0.39, 0.29) is 24.4 Å². The minimum Gasteiger partial charge on any atom is -0.341 e. The van der Waals surface area contributed by atoms with Gasteiger partial charge in [-0.25, -0.2) is 4.79 Å². The number of amides is 4. The molecular weight excluding hydrogens is 272 g/mol. The van der Waals surface area contributed by atoms with Crippen LogP contribution in [0.1, 0.15) is 36.8 Å². The van der Waals surface area contributed by atoms with Crippen LogP contribution in [0.3, 0.4) is 0 Å². The highest BCUT2D eigenvalue weighted by Crippen LogP contribution is 2.26. The first kappa shape index (κ1) is 13.7. The van der Waals surface area contributed by atoms with Gasteiger partial charge in [-0.15, -0.1) is 0 Å². The molecule has 2 N–H and O–H groups in total. The van der Waals surface area contributed by atoms with Crippen molar-refractivity contribution >= 4 is 17.8 Å². The summed E-state index contributed by atoms with van der Waals surface area (Å²) in [4.78, 5) is 37.5. The van der Waals surface area contributed by atoms with Crippen LogP contribution in [0, 0.1) is 0 Å². The van der Waals surface area contributed by atoms with Gasteiger partial charge in [0.2, 0.25) is 0 Å². The Hall–Kier alpha value is -2.31. The molecule has 1 unspecified atom stereocenters. The molecule has 7 nitrogen and oxygen atoms in total. The van der Waals surface area contributed by atoms with Crippen molar-refractivity contribution in [3.63, 3.8) is 0 Å². The van der Waals surface area contributed by atoms with Gasteiger partial charge in [-0.1, -0.05) is 0 Å². The summed E-state index contributed by atoms with van der Waals surface area (Å²) in [7, 11) is 0. The van der Waals surface area contributed by atoms with Crippen LogP contribution in [0.15, 0.2) is 18.3 Å². The smallest absolute Gasteiger partial charge is 0.322 e. The van der Waals surface area contributed by atoms with Gasteiger partial charge in [-0.05, 0) is 32.4 Å². The lowest BCUT2D eigenvalue weighted by Crippen LogP contribution is -2.49. The molecule has 1 aromatic heterocycles. The van der Waals surface area contributed by atoms with E-state index in [9.17, 15) is 14.4 Å². The van der Waals surface area contributed by atoms with Crippen LogP contribution in [-0.2, 0) is 4.79 Å². The molecule has 2 saturated heterocycles. The molecule has 21 heavy (non-hydrogen) atoms. The zero-order valence-corrected chi connectivity index (χ0v) is 12.0. The van der Waals surface area contributed by atoms with Crippen LogP contribution in [0.4, 0.5) is 4.79 Å². The number of aromatic nitrogens is 1. The molecule has 0 aliphatic carbocycles. The SMILES string of the molecule is CC(C)n1cccc1C(=O)N1CCC2(C1)NC(=O)NC2=O. The molecule has 3 heterocycles. The topological polar surface area (TPSA) is 83.4 Å². The summed E-state index contributed by atoms with van der Waals surface area (Å²) < 4.78 is 1.90. The molecule has 3 rings (SSSR count). The summed E-state index contributed by atoms with van der Waals surface area (Å²) in [6, 6.07) is 3.31. The number of rotatable bonds is 2. The van der Waals surface area contributed by atoms with Crippen LogP contribution in [0.2, 0.25) is 0 Å². The first-order valence-corrected chi connectivity index (χ1v) is 7.03. The monoisotopic (exact) mass is 290 g/mol. The van der Waals surface area contributed by atoms with Gasteiger partial charge in [-0.3, -0.25) is 14.9 Å². The van der Waals surface area contributed by atoms with Gasteiger partial charge in [-0.2, -0.15) is 0 Å². The number of likely N-dealkylation sites (tertiary alicyclic amines) is 1. The van der Waals surface area contributed by atoms with Gasteiger partial charge in [0, 0.05) is 18.8 Å². The second kappa shape index (κ2) is 4.61. The number of hydrogen-bond donors (Lipinski definition) is 2. The Kier molecular flexibility index (Phi) is 3.00. The quantitative estimate of drug-likeness (QED) is 0.778. The maximum absolute atomic E-state index is 12.6. The molecule has 2 aliphatic heterocycles. The fraction of sp³-hybridized carbons (Fsp3) is 0.500. The molecule has 112 valence electrons. The van der Waals surface area contributed by atoms with Gasteiger partial charge < -0.3 is 14.8 Å². The highest BCUT2D eigenvalue weighted by atomic mass is 16.2. The fourth-order valence-electron chi connectivity index (χ4n) is 2.99. The van der Waals surface area contributed by atoms with Crippen molar-refractivity contribution in [3.8, 4) is 0 Å². The summed E-state index contributed by atoms with van der Waals surface area (Å²) in [6.45, 7) is 4.68. The number of nitrogens with one attached hydrogen (secondary N) is 2. The summed E-state index contributed by atoms with van der Waals surface area (Å²) >= 11 is 0. The Bertz CT molecular complexity index is 621. The molecule has 2 aliphatic rings. The Morgan fingerprint density at radius 3 is 2.76 bits per heavy atom. The predicted molar refractivity (Wildman–Crippen MR) is 74.7 cm³/mol. The minimum absolute atomic E-state index is 0.112. The average molecular weight is 290 g/mol. The molecule has 7 heteroatoms. The molecule has 0 bridgehead atoms. The molecular formula is C14H18N4O3. The lowest BCUT2D eigenvalue weighted by molar-refractivity contribution is -0.123. The van der Waals surface area contributed by atoms with Crippen LogP contribution in [0.25, 0.3) is 0 Å².